The lowest BCUT2D eigenvalue weighted by Gasteiger charge is -2.20. The highest BCUT2D eigenvalue weighted by atomic mass is 32.2. The van der Waals surface area contributed by atoms with E-state index in [-0.39, 0.29) is 23.2 Å². The van der Waals surface area contributed by atoms with E-state index >= 15 is 0 Å². The molecule has 0 radical (unpaired) electrons. The van der Waals surface area contributed by atoms with E-state index in [1.54, 1.807) is 24.5 Å². The van der Waals surface area contributed by atoms with Gasteiger partial charge < -0.3 is 9.51 Å². The summed E-state index contributed by atoms with van der Waals surface area (Å²) in [7, 11) is -2.84. The molecule has 0 amide bonds. The second kappa shape index (κ2) is 3.98. The second-order valence-electron chi connectivity index (χ2n) is 4.72. The van der Waals surface area contributed by atoms with Crippen molar-refractivity contribution in [3.8, 4) is 5.75 Å². The Hall–Kier alpha value is -1.56. The molecule has 1 fully saturated rings. The summed E-state index contributed by atoms with van der Waals surface area (Å²) in [6, 6.07) is 3.26. The molecule has 3 rings (SSSR count). The number of sulfone groups is 1. The topological polar surface area (TPSA) is 71.7 Å². The van der Waals surface area contributed by atoms with Crippen molar-refractivity contribution in [1.82, 2.24) is 9.38 Å². The Morgan fingerprint density at radius 2 is 2.06 bits per heavy atom. The molecule has 0 aliphatic carbocycles. The van der Waals surface area contributed by atoms with Gasteiger partial charge in [0.25, 0.3) is 0 Å². The normalized spacial score (nSPS) is 20.2. The molecule has 96 valence electrons. The van der Waals surface area contributed by atoms with Gasteiger partial charge in [-0.05, 0) is 18.9 Å². The van der Waals surface area contributed by atoms with E-state index in [0.29, 0.717) is 12.8 Å². The van der Waals surface area contributed by atoms with Crippen LogP contribution in [-0.4, -0.2) is 34.4 Å². The van der Waals surface area contributed by atoms with Gasteiger partial charge in [0, 0.05) is 18.2 Å². The van der Waals surface area contributed by atoms with Crippen LogP contribution in [0.4, 0.5) is 0 Å². The minimum Gasteiger partial charge on any atom is -0.508 e. The van der Waals surface area contributed by atoms with Gasteiger partial charge in [0.05, 0.1) is 23.2 Å². The average Bonchev–Trinajstić information content (AvgIpc) is 2.72. The molecule has 0 unspecified atom stereocenters. The van der Waals surface area contributed by atoms with Crippen LogP contribution in [0.3, 0.4) is 0 Å². The Kier molecular flexibility index (Phi) is 2.55. The summed E-state index contributed by atoms with van der Waals surface area (Å²) in [6.45, 7) is 0. The van der Waals surface area contributed by atoms with Crippen molar-refractivity contribution in [3.05, 3.63) is 30.4 Å². The summed E-state index contributed by atoms with van der Waals surface area (Å²) < 4.78 is 24.7. The Morgan fingerprint density at radius 3 is 2.78 bits per heavy atom. The smallest absolute Gasteiger partial charge is 0.150 e. The molecule has 1 aliphatic rings. The zero-order valence-electron chi connectivity index (χ0n) is 9.78. The van der Waals surface area contributed by atoms with Crippen molar-refractivity contribution in [3.63, 3.8) is 0 Å². The molecular formula is C12H14N2O3S. The summed E-state index contributed by atoms with van der Waals surface area (Å²) >= 11 is 0. The van der Waals surface area contributed by atoms with Crippen LogP contribution in [-0.2, 0) is 9.84 Å². The van der Waals surface area contributed by atoms with Crippen molar-refractivity contribution in [1.29, 1.82) is 0 Å². The summed E-state index contributed by atoms with van der Waals surface area (Å²) in [5.74, 6) is 1.76. The number of imidazole rings is 1. The van der Waals surface area contributed by atoms with Gasteiger partial charge >= 0.3 is 0 Å². The first-order chi connectivity index (χ1) is 8.55. The van der Waals surface area contributed by atoms with Crippen LogP contribution in [0.2, 0.25) is 0 Å². The maximum atomic E-state index is 11.4. The van der Waals surface area contributed by atoms with E-state index in [4.69, 9.17) is 0 Å². The van der Waals surface area contributed by atoms with Crippen molar-refractivity contribution in [2.45, 2.75) is 18.8 Å². The lowest BCUT2D eigenvalue weighted by atomic mass is 10.0. The molecule has 1 N–H and O–H groups in total. The fourth-order valence-electron chi connectivity index (χ4n) is 2.46. The molecule has 3 heterocycles. The van der Waals surface area contributed by atoms with E-state index in [9.17, 15) is 13.5 Å². The van der Waals surface area contributed by atoms with Crippen molar-refractivity contribution < 1.29 is 13.5 Å². The maximum Gasteiger partial charge on any atom is 0.150 e. The van der Waals surface area contributed by atoms with E-state index in [2.05, 4.69) is 4.98 Å². The molecule has 1 saturated heterocycles. The quantitative estimate of drug-likeness (QED) is 0.845. The van der Waals surface area contributed by atoms with Crippen LogP contribution in [0, 0.1) is 0 Å². The molecule has 0 aromatic carbocycles. The van der Waals surface area contributed by atoms with Gasteiger partial charge in [0.2, 0.25) is 0 Å². The highest BCUT2D eigenvalue weighted by molar-refractivity contribution is 7.91. The first-order valence-corrected chi connectivity index (χ1v) is 7.74. The third-order valence-corrected chi connectivity index (χ3v) is 5.18. The van der Waals surface area contributed by atoms with Crippen molar-refractivity contribution >= 4 is 15.4 Å². The summed E-state index contributed by atoms with van der Waals surface area (Å²) in [4.78, 5) is 4.36. The molecule has 0 bridgehead atoms. The zero-order chi connectivity index (χ0) is 12.8. The summed E-state index contributed by atoms with van der Waals surface area (Å²) in [5, 5.41) is 9.40. The van der Waals surface area contributed by atoms with Gasteiger partial charge in [-0.2, -0.15) is 0 Å². The van der Waals surface area contributed by atoms with Gasteiger partial charge in [-0.3, -0.25) is 0 Å². The van der Waals surface area contributed by atoms with Crippen LogP contribution in [0.1, 0.15) is 24.6 Å². The van der Waals surface area contributed by atoms with Crippen molar-refractivity contribution in [2.24, 2.45) is 0 Å². The van der Waals surface area contributed by atoms with E-state index in [1.165, 1.54) is 0 Å². The van der Waals surface area contributed by atoms with E-state index in [0.717, 1.165) is 11.3 Å². The predicted molar refractivity (Wildman–Crippen MR) is 67.5 cm³/mol. The monoisotopic (exact) mass is 266 g/mol. The van der Waals surface area contributed by atoms with Gasteiger partial charge in [-0.1, -0.05) is 0 Å². The number of pyridine rings is 1. The lowest BCUT2D eigenvalue weighted by molar-refractivity contribution is 0.475. The molecule has 6 heteroatoms. The van der Waals surface area contributed by atoms with Crippen LogP contribution < -0.4 is 0 Å². The maximum absolute atomic E-state index is 11.4. The van der Waals surface area contributed by atoms with Gasteiger partial charge in [0.15, 0.2) is 0 Å². The first-order valence-electron chi connectivity index (χ1n) is 5.91. The number of hydrogen-bond donors (Lipinski definition) is 1. The lowest BCUT2D eigenvalue weighted by Crippen LogP contribution is -2.23. The van der Waals surface area contributed by atoms with E-state index < -0.39 is 9.84 Å². The number of hydrogen-bond acceptors (Lipinski definition) is 4. The standard InChI is InChI=1S/C12H14N2O3S/c15-11-1-4-14-10(7-11)8-13-12(14)9-2-5-18(16,17)6-3-9/h1,4,7-9,15H,2-3,5-6H2. The number of fused-ring (bicyclic) bond motifs is 1. The molecule has 0 spiro atoms. The molecule has 18 heavy (non-hydrogen) atoms. The van der Waals surface area contributed by atoms with Crippen molar-refractivity contribution in [2.75, 3.05) is 11.5 Å². The van der Waals surface area contributed by atoms with Gasteiger partial charge in [0.1, 0.15) is 21.4 Å². The Balaban J connectivity index is 1.96. The Labute approximate surface area is 105 Å². The van der Waals surface area contributed by atoms with Gasteiger partial charge in [-0.25, -0.2) is 13.4 Å². The van der Waals surface area contributed by atoms with Crippen LogP contribution in [0.5, 0.6) is 5.75 Å². The first kappa shape index (κ1) is 11.5. The molecule has 0 atom stereocenters. The van der Waals surface area contributed by atoms with Crippen LogP contribution >= 0.6 is 0 Å². The highest BCUT2D eigenvalue weighted by Crippen LogP contribution is 2.29. The fourth-order valence-corrected chi connectivity index (χ4v) is 3.95. The van der Waals surface area contributed by atoms with Gasteiger partial charge in [-0.15, -0.1) is 0 Å². The third-order valence-electron chi connectivity index (χ3n) is 3.46. The highest BCUT2D eigenvalue weighted by Gasteiger charge is 2.27. The molecule has 5 nitrogen and oxygen atoms in total. The average molecular weight is 266 g/mol. The number of nitrogens with zero attached hydrogens (tertiary/aromatic N) is 2. The minimum absolute atomic E-state index is 0.181. The third kappa shape index (κ3) is 1.96. The second-order valence-corrected chi connectivity index (χ2v) is 7.03. The minimum atomic E-state index is -2.84. The molecule has 1 aliphatic heterocycles. The Bertz CT molecular complexity index is 676. The molecule has 2 aromatic rings. The Morgan fingerprint density at radius 1 is 1.33 bits per heavy atom. The zero-order valence-corrected chi connectivity index (χ0v) is 10.6. The summed E-state index contributed by atoms with van der Waals surface area (Å²) in [5.41, 5.74) is 0.832. The number of aromatic hydroxyl groups is 1. The largest absolute Gasteiger partial charge is 0.508 e. The fraction of sp³-hybridized carbons (Fsp3) is 0.417. The predicted octanol–water partition coefficient (Wildman–Crippen LogP) is 1.33. The van der Waals surface area contributed by atoms with Crippen LogP contribution in [0.25, 0.3) is 5.52 Å². The molecular weight excluding hydrogens is 252 g/mol. The molecule has 2 aromatic heterocycles. The summed E-state index contributed by atoms with van der Waals surface area (Å²) in [6.07, 6.45) is 4.74. The number of aromatic nitrogens is 2. The number of rotatable bonds is 1. The SMILES string of the molecule is O=S1(=O)CCC(c2ncc3cc(O)ccn23)CC1. The van der Waals surface area contributed by atoms with Crippen LogP contribution in [0.15, 0.2) is 24.5 Å². The molecule has 0 saturated carbocycles. The van der Waals surface area contributed by atoms with E-state index in [1.807, 2.05) is 4.40 Å².